The molecule has 3 aromatic rings. The lowest BCUT2D eigenvalue weighted by Crippen LogP contribution is -2.28. The topological polar surface area (TPSA) is 84.5 Å². The average Bonchev–Trinajstić information content (AvgIpc) is 2.79. The van der Waals surface area contributed by atoms with Gasteiger partial charge in [-0.3, -0.25) is 9.52 Å². The Labute approximate surface area is 189 Å². The van der Waals surface area contributed by atoms with Crippen molar-refractivity contribution in [2.45, 2.75) is 38.1 Å². The lowest BCUT2D eigenvalue weighted by molar-refractivity contribution is 0.0935. The van der Waals surface area contributed by atoms with Crippen LogP contribution < -0.4 is 14.8 Å². The summed E-state index contributed by atoms with van der Waals surface area (Å²) < 4.78 is 33.9. The summed E-state index contributed by atoms with van der Waals surface area (Å²) in [6.07, 6.45) is 0.684. The van der Waals surface area contributed by atoms with Gasteiger partial charge in [0.15, 0.2) is 0 Å². The van der Waals surface area contributed by atoms with Crippen LogP contribution in [0, 0.1) is 13.8 Å². The lowest BCUT2D eigenvalue weighted by atomic mass is 10.0. The van der Waals surface area contributed by atoms with Crippen LogP contribution in [0.4, 0.5) is 5.69 Å². The van der Waals surface area contributed by atoms with Crippen LogP contribution in [0.25, 0.3) is 0 Å². The summed E-state index contributed by atoms with van der Waals surface area (Å²) in [5.41, 5.74) is 3.11. The van der Waals surface area contributed by atoms with Crippen molar-refractivity contribution in [2.75, 3.05) is 11.8 Å². The molecule has 0 saturated heterocycles. The van der Waals surface area contributed by atoms with Crippen LogP contribution in [-0.4, -0.2) is 21.4 Å². The van der Waals surface area contributed by atoms with Crippen LogP contribution in [0.2, 0.25) is 0 Å². The normalized spacial score (nSPS) is 12.1. The van der Waals surface area contributed by atoms with Gasteiger partial charge < -0.3 is 10.1 Å². The molecule has 0 radical (unpaired) electrons. The summed E-state index contributed by atoms with van der Waals surface area (Å²) in [6.45, 7) is 5.52. The van der Waals surface area contributed by atoms with E-state index in [0.29, 0.717) is 17.7 Å². The van der Waals surface area contributed by atoms with Gasteiger partial charge in [-0.2, -0.15) is 0 Å². The summed E-state index contributed by atoms with van der Waals surface area (Å²) in [4.78, 5) is 13.0. The maximum Gasteiger partial charge on any atom is 0.262 e. The molecule has 0 aromatic heterocycles. The molecular weight excluding hydrogens is 424 g/mol. The highest BCUT2D eigenvalue weighted by molar-refractivity contribution is 7.92. The van der Waals surface area contributed by atoms with Crippen LogP contribution in [0.1, 0.15) is 46.4 Å². The van der Waals surface area contributed by atoms with E-state index in [0.717, 1.165) is 16.9 Å². The molecule has 7 heteroatoms. The first kappa shape index (κ1) is 23.3. The van der Waals surface area contributed by atoms with Gasteiger partial charge in [-0.25, -0.2) is 8.42 Å². The van der Waals surface area contributed by atoms with Gasteiger partial charge in [0.2, 0.25) is 0 Å². The highest BCUT2D eigenvalue weighted by Gasteiger charge is 2.21. The Bertz CT molecular complexity index is 1200. The van der Waals surface area contributed by atoms with E-state index in [4.69, 9.17) is 4.74 Å². The second-order valence-corrected chi connectivity index (χ2v) is 9.26. The molecule has 0 heterocycles. The maximum atomic E-state index is 13.1. The first-order valence-electron chi connectivity index (χ1n) is 10.4. The van der Waals surface area contributed by atoms with E-state index in [-0.39, 0.29) is 22.4 Å². The number of anilines is 1. The number of methoxy groups -OCH3 is 1. The van der Waals surface area contributed by atoms with Crippen LogP contribution in [-0.2, 0) is 10.0 Å². The van der Waals surface area contributed by atoms with Crippen molar-refractivity contribution >= 4 is 21.6 Å². The van der Waals surface area contributed by atoms with E-state index in [1.807, 2.05) is 50.2 Å². The summed E-state index contributed by atoms with van der Waals surface area (Å²) >= 11 is 0. The number of carbonyl (C=O) groups excluding carboxylic acids is 1. The molecule has 2 N–H and O–H groups in total. The second-order valence-electron chi connectivity index (χ2n) is 7.61. The predicted octanol–water partition coefficient (Wildman–Crippen LogP) is 4.99. The van der Waals surface area contributed by atoms with E-state index in [1.54, 1.807) is 38.3 Å². The molecule has 6 nitrogen and oxygen atoms in total. The molecule has 0 bridgehead atoms. The van der Waals surface area contributed by atoms with Crippen LogP contribution in [0.15, 0.2) is 71.6 Å². The zero-order chi connectivity index (χ0) is 23.3. The number of ether oxygens (including phenoxy) is 1. The van der Waals surface area contributed by atoms with E-state index in [2.05, 4.69) is 10.0 Å². The molecule has 0 spiro atoms. The molecular formula is C25H28N2O4S. The number of aryl methyl sites for hydroxylation is 2. The van der Waals surface area contributed by atoms with E-state index in [1.165, 1.54) is 6.07 Å². The Morgan fingerprint density at radius 3 is 2.28 bits per heavy atom. The van der Waals surface area contributed by atoms with Gasteiger partial charge in [-0.1, -0.05) is 43.3 Å². The minimum Gasteiger partial charge on any atom is -0.497 e. The van der Waals surface area contributed by atoms with Crippen LogP contribution >= 0.6 is 0 Å². The largest absolute Gasteiger partial charge is 0.497 e. The molecule has 3 aromatic carbocycles. The Balaban J connectivity index is 1.85. The molecule has 0 saturated carbocycles. The molecule has 1 amide bonds. The van der Waals surface area contributed by atoms with Crippen molar-refractivity contribution in [3.8, 4) is 5.75 Å². The zero-order valence-electron chi connectivity index (χ0n) is 18.7. The van der Waals surface area contributed by atoms with Crippen LogP contribution in [0.5, 0.6) is 5.75 Å². The van der Waals surface area contributed by atoms with E-state index in [9.17, 15) is 13.2 Å². The Morgan fingerprint density at radius 1 is 0.969 bits per heavy atom. The Morgan fingerprint density at radius 2 is 1.66 bits per heavy atom. The fourth-order valence-corrected chi connectivity index (χ4v) is 4.82. The molecule has 3 rings (SSSR count). The third-order valence-corrected chi connectivity index (χ3v) is 6.87. The van der Waals surface area contributed by atoms with Crippen molar-refractivity contribution in [1.29, 1.82) is 0 Å². The van der Waals surface area contributed by atoms with Gasteiger partial charge in [0.1, 0.15) is 5.75 Å². The van der Waals surface area contributed by atoms with Gasteiger partial charge in [-0.15, -0.1) is 0 Å². The number of hydrogen-bond donors (Lipinski definition) is 2. The number of para-hydroxylation sites is 1. The fraction of sp³-hybridized carbons (Fsp3) is 0.240. The van der Waals surface area contributed by atoms with Gasteiger partial charge in [0.05, 0.1) is 23.7 Å². The van der Waals surface area contributed by atoms with Crippen LogP contribution in [0.3, 0.4) is 0 Å². The molecule has 168 valence electrons. The molecule has 0 aliphatic carbocycles. The van der Waals surface area contributed by atoms with Gasteiger partial charge >= 0.3 is 0 Å². The SMILES string of the molecule is CC[C@H](NC(=O)c1ccc(C)c(S(=O)(=O)Nc2ccccc2C)c1)c1ccc(OC)cc1. The zero-order valence-corrected chi connectivity index (χ0v) is 19.5. The Kier molecular flexibility index (Phi) is 7.20. The van der Waals surface area contributed by atoms with Crippen molar-refractivity contribution < 1.29 is 17.9 Å². The number of sulfonamides is 1. The standard InChI is InChI=1S/C25H28N2O4S/c1-5-22(19-12-14-21(31-4)15-13-19)26-25(28)20-11-10-18(3)24(16-20)32(29,30)27-23-9-7-6-8-17(23)2/h6-16,22,27H,5H2,1-4H3,(H,26,28)/t22-/m0/s1. The molecule has 32 heavy (non-hydrogen) atoms. The summed E-state index contributed by atoms with van der Waals surface area (Å²) in [5.74, 6) is 0.407. The van der Waals surface area contributed by atoms with Crippen molar-refractivity contribution in [3.63, 3.8) is 0 Å². The van der Waals surface area contributed by atoms with Gasteiger partial charge in [-0.05, 0) is 67.3 Å². The average molecular weight is 453 g/mol. The second kappa shape index (κ2) is 9.87. The number of amides is 1. The number of nitrogens with one attached hydrogen (secondary N) is 2. The number of benzene rings is 3. The minimum absolute atomic E-state index is 0.0749. The summed E-state index contributed by atoms with van der Waals surface area (Å²) in [7, 11) is -2.26. The van der Waals surface area contributed by atoms with Gasteiger partial charge in [0.25, 0.3) is 15.9 Å². The molecule has 0 unspecified atom stereocenters. The quantitative estimate of drug-likeness (QED) is 0.504. The fourth-order valence-electron chi connectivity index (χ4n) is 3.42. The number of rotatable bonds is 8. The smallest absolute Gasteiger partial charge is 0.262 e. The predicted molar refractivity (Wildman–Crippen MR) is 127 cm³/mol. The van der Waals surface area contributed by atoms with E-state index < -0.39 is 10.0 Å². The van der Waals surface area contributed by atoms with Crippen molar-refractivity contribution in [2.24, 2.45) is 0 Å². The monoisotopic (exact) mass is 452 g/mol. The van der Waals surface area contributed by atoms with Gasteiger partial charge in [0, 0.05) is 5.56 Å². The number of carbonyl (C=O) groups is 1. The van der Waals surface area contributed by atoms with E-state index >= 15 is 0 Å². The highest BCUT2D eigenvalue weighted by atomic mass is 32.2. The molecule has 1 atom stereocenters. The summed E-state index contributed by atoms with van der Waals surface area (Å²) in [5, 5.41) is 3.00. The third-order valence-electron chi connectivity index (χ3n) is 5.36. The first-order valence-corrected chi connectivity index (χ1v) is 11.9. The molecule has 0 aliphatic rings. The highest BCUT2D eigenvalue weighted by Crippen LogP contribution is 2.24. The minimum atomic E-state index is -3.86. The van der Waals surface area contributed by atoms with Crippen molar-refractivity contribution in [1.82, 2.24) is 5.32 Å². The first-order chi connectivity index (χ1) is 15.2. The number of hydrogen-bond acceptors (Lipinski definition) is 4. The lowest BCUT2D eigenvalue weighted by Gasteiger charge is -2.19. The van der Waals surface area contributed by atoms with Crippen molar-refractivity contribution in [3.05, 3.63) is 89.0 Å². The molecule has 0 fully saturated rings. The molecule has 0 aliphatic heterocycles. The third kappa shape index (κ3) is 5.29. The summed E-state index contributed by atoms with van der Waals surface area (Å²) in [6, 6.07) is 19.2. The Hall–Kier alpha value is -3.32. The maximum absolute atomic E-state index is 13.1.